The first-order valence-electron chi connectivity index (χ1n) is 7.04. The van der Waals surface area contributed by atoms with E-state index >= 15 is 0 Å². The van der Waals surface area contributed by atoms with Gasteiger partial charge in [-0.25, -0.2) is 0 Å². The minimum atomic E-state index is 0.316. The summed E-state index contributed by atoms with van der Waals surface area (Å²) in [7, 11) is 0. The van der Waals surface area contributed by atoms with Crippen LogP contribution in [-0.4, -0.2) is 44.2 Å². The van der Waals surface area contributed by atoms with Crippen molar-refractivity contribution in [3.05, 3.63) is 36.2 Å². The number of hydrogen-bond donors (Lipinski definition) is 1. The molecule has 0 aliphatic carbocycles. The van der Waals surface area contributed by atoms with E-state index in [2.05, 4.69) is 27.3 Å². The molecule has 1 aliphatic rings. The van der Waals surface area contributed by atoms with Crippen molar-refractivity contribution in [1.82, 2.24) is 25.1 Å². The van der Waals surface area contributed by atoms with Crippen molar-refractivity contribution in [3.8, 4) is 5.69 Å². The lowest BCUT2D eigenvalue weighted by atomic mass is 9.95. The summed E-state index contributed by atoms with van der Waals surface area (Å²) in [5.74, 6) is 1.39. The number of hydrogen-bond acceptors (Lipinski definition) is 5. The van der Waals surface area contributed by atoms with Gasteiger partial charge in [-0.2, -0.15) is 4.68 Å². The van der Waals surface area contributed by atoms with Gasteiger partial charge in [-0.15, -0.1) is 5.10 Å². The van der Waals surface area contributed by atoms with Crippen molar-refractivity contribution in [1.29, 1.82) is 0 Å². The Morgan fingerprint density at radius 1 is 1.30 bits per heavy atom. The number of aromatic nitrogens is 4. The standard InChI is InChI=1S/C14H20N6/c1-11-9-19(8-7-13(11)15)10-14-16-17-18-20(14)12-5-3-2-4-6-12/h2-6,11,13H,7-10,15H2,1H3. The van der Waals surface area contributed by atoms with Crippen LogP contribution in [0.4, 0.5) is 0 Å². The number of nitrogens with two attached hydrogens (primary N) is 1. The van der Waals surface area contributed by atoms with E-state index in [1.54, 1.807) is 4.68 Å². The lowest BCUT2D eigenvalue weighted by molar-refractivity contribution is 0.153. The Morgan fingerprint density at radius 3 is 2.85 bits per heavy atom. The molecule has 0 radical (unpaired) electrons. The van der Waals surface area contributed by atoms with Crippen molar-refractivity contribution < 1.29 is 0 Å². The van der Waals surface area contributed by atoms with E-state index in [1.165, 1.54) is 0 Å². The number of likely N-dealkylation sites (tertiary alicyclic amines) is 1. The third-order valence-electron chi connectivity index (χ3n) is 3.96. The predicted molar refractivity (Wildman–Crippen MR) is 76.2 cm³/mol. The number of benzene rings is 1. The van der Waals surface area contributed by atoms with E-state index in [0.717, 1.165) is 37.6 Å². The molecule has 106 valence electrons. The predicted octanol–water partition coefficient (Wildman–Crippen LogP) is 0.831. The fourth-order valence-electron chi connectivity index (χ4n) is 2.67. The molecule has 0 bridgehead atoms. The summed E-state index contributed by atoms with van der Waals surface area (Å²) in [5, 5.41) is 12.1. The van der Waals surface area contributed by atoms with Crippen LogP contribution in [0.15, 0.2) is 30.3 Å². The molecule has 6 nitrogen and oxygen atoms in total. The van der Waals surface area contributed by atoms with Crippen molar-refractivity contribution in [3.63, 3.8) is 0 Å². The molecule has 3 rings (SSSR count). The molecular weight excluding hydrogens is 252 g/mol. The Labute approximate surface area is 118 Å². The smallest absolute Gasteiger partial charge is 0.170 e. The molecule has 1 fully saturated rings. The minimum Gasteiger partial charge on any atom is -0.327 e. The normalized spacial score (nSPS) is 23.9. The largest absolute Gasteiger partial charge is 0.327 e. The lowest BCUT2D eigenvalue weighted by Gasteiger charge is -2.34. The van der Waals surface area contributed by atoms with Crippen LogP contribution in [0.1, 0.15) is 19.2 Å². The fraction of sp³-hybridized carbons (Fsp3) is 0.500. The van der Waals surface area contributed by atoms with Gasteiger partial charge in [-0.3, -0.25) is 4.90 Å². The van der Waals surface area contributed by atoms with E-state index in [4.69, 9.17) is 5.73 Å². The van der Waals surface area contributed by atoms with Gasteiger partial charge in [-0.1, -0.05) is 25.1 Å². The highest BCUT2D eigenvalue weighted by Gasteiger charge is 2.24. The number of para-hydroxylation sites is 1. The highest BCUT2D eigenvalue weighted by Crippen LogP contribution is 2.17. The first-order valence-corrected chi connectivity index (χ1v) is 7.04. The van der Waals surface area contributed by atoms with E-state index < -0.39 is 0 Å². The molecule has 1 saturated heterocycles. The first-order chi connectivity index (χ1) is 9.74. The van der Waals surface area contributed by atoms with Gasteiger partial charge in [0.05, 0.1) is 12.2 Å². The Morgan fingerprint density at radius 2 is 2.10 bits per heavy atom. The zero-order valence-electron chi connectivity index (χ0n) is 11.7. The second-order valence-corrected chi connectivity index (χ2v) is 5.51. The SMILES string of the molecule is CC1CN(Cc2nnnn2-c2ccccc2)CCC1N. The maximum Gasteiger partial charge on any atom is 0.170 e. The van der Waals surface area contributed by atoms with E-state index in [-0.39, 0.29) is 0 Å². The molecule has 2 N–H and O–H groups in total. The van der Waals surface area contributed by atoms with Gasteiger partial charge in [0.25, 0.3) is 0 Å². The lowest BCUT2D eigenvalue weighted by Crippen LogP contribution is -2.45. The molecule has 1 aromatic carbocycles. The summed E-state index contributed by atoms with van der Waals surface area (Å²) in [5.41, 5.74) is 7.06. The Hall–Kier alpha value is -1.79. The highest BCUT2D eigenvalue weighted by atomic mass is 15.5. The summed E-state index contributed by atoms with van der Waals surface area (Å²) in [4.78, 5) is 2.37. The first kappa shape index (κ1) is 13.2. The van der Waals surface area contributed by atoms with Crippen LogP contribution in [0.3, 0.4) is 0 Å². The van der Waals surface area contributed by atoms with E-state index in [1.807, 2.05) is 30.3 Å². The molecule has 0 amide bonds. The molecule has 6 heteroatoms. The molecule has 0 spiro atoms. The molecule has 2 heterocycles. The third-order valence-corrected chi connectivity index (χ3v) is 3.96. The van der Waals surface area contributed by atoms with Crippen LogP contribution < -0.4 is 5.73 Å². The van der Waals surface area contributed by atoms with Gasteiger partial charge in [0.1, 0.15) is 0 Å². The van der Waals surface area contributed by atoms with Gasteiger partial charge in [0, 0.05) is 19.1 Å². The van der Waals surface area contributed by atoms with Gasteiger partial charge >= 0.3 is 0 Å². The van der Waals surface area contributed by atoms with Crippen molar-refractivity contribution in [2.24, 2.45) is 11.7 Å². The molecule has 2 atom stereocenters. The average Bonchev–Trinajstić information content (AvgIpc) is 2.92. The van der Waals surface area contributed by atoms with E-state index in [9.17, 15) is 0 Å². The van der Waals surface area contributed by atoms with Crippen molar-refractivity contribution >= 4 is 0 Å². The number of tetrazole rings is 1. The molecule has 2 aromatic rings. The summed E-state index contributed by atoms with van der Waals surface area (Å²) >= 11 is 0. The number of piperidine rings is 1. The van der Waals surface area contributed by atoms with Crippen LogP contribution in [-0.2, 0) is 6.54 Å². The quantitative estimate of drug-likeness (QED) is 0.896. The summed E-state index contributed by atoms with van der Waals surface area (Å²) in [6, 6.07) is 10.3. The van der Waals surface area contributed by atoms with Gasteiger partial charge < -0.3 is 5.73 Å². The number of nitrogens with zero attached hydrogens (tertiary/aromatic N) is 5. The van der Waals surface area contributed by atoms with Crippen LogP contribution in [0.25, 0.3) is 5.69 Å². The maximum absolute atomic E-state index is 6.06. The summed E-state index contributed by atoms with van der Waals surface area (Å²) < 4.78 is 1.80. The second-order valence-electron chi connectivity index (χ2n) is 5.51. The summed E-state index contributed by atoms with van der Waals surface area (Å²) in [6.45, 7) is 4.98. The van der Waals surface area contributed by atoms with E-state index in [0.29, 0.717) is 12.0 Å². The second kappa shape index (κ2) is 5.68. The topological polar surface area (TPSA) is 72.9 Å². The summed E-state index contributed by atoms with van der Waals surface area (Å²) in [6.07, 6.45) is 1.04. The fourth-order valence-corrected chi connectivity index (χ4v) is 2.67. The zero-order chi connectivity index (χ0) is 13.9. The molecule has 2 unspecified atom stereocenters. The third kappa shape index (κ3) is 2.71. The highest BCUT2D eigenvalue weighted by molar-refractivity contribution is 5.30. The maximum atomic E-state index is 6.06. The van der Waals surface area contributed by atoms with Gasteiger partial charge in [-0.05, 0) is 34.9 Å². The van der Waals surface area contributed by atoms with Crippen molar-refractivity contribution in [2.75, 3.05) is 13.1 Å². The van der Waals surface area contributed by atoms with Crippen molar-refractivity contribution in [2.45, 2.75) is 25.9 Å². The van der Waals surface area contributed by atoms with Gasteiger partial charge in [0.2, 0.25) is 0 Å². The minimum absolute atomic E-state index is 0.316. The average molecular weight is 272 g/mol. The number of rotatable bonds is 3. The van der Waals surface area contributed by atoms with Crippen LogP contribution in [0.5, 0.6) is 0 Å². The molecule has 1 aliphatic heterocycles. The van der Waals surface area contributed by atoms with Crippen LogP contribution >= 0.6 is 0 Å². The van der Waals surface area contributed by atoms with Crippen LogP contribution in [0, 0.1) is 5.92 Å². The Bertz CT molecular complexity index is 552. The molecule has 20 heavy (non-hydrogen) atoms. The molecule has 1 aromatic heterocycles. The van der Waals surface area contributed by atoms with Gasteiger partial charge in [0.15, 0.2) is 5.82 Å². The zero-order valence-corrected chi connectivity index (χ0v) is 11.7. The van der Waals surface area contributed by atoms with Crippen LogP contribution in [0.2, 0.25) is 0 Å². The molecular formula is C14H20N6. The molecule has 0 saturated carbocycles. The monoisotopic (exact) mass is 272 g/mol. The Balaban J connectivity index is 1.75. The Kier molecular flexibility index (Phi) is 3.75.